The molecule has 0 saturated carbocycles. The topological polar surface area (TPSA) is 105 Å². The van der Waals surface area contributed by atoms with Gasteiger partial charge in [0.25, 0.3) is 5.69 Å². The zero-order valence-corrected chi connectivity index (χ0v) is 13.6. The molecule has 0 radical (unpaired) electrons. The molecule has 1 aromatic carbocycles. The van der Waals surface area contributed by atoms with Crippen molar-refractivity contribution in [3.8, 4) is 0 Å². The van der Waals surface area contributed by atoms with Crippen molar-refractivity contribution in [3.05, 3.63) is 28.3 Å². The second-order valence-corrected chi connectivity index (χ2v) is 7.31. The molecule has 0 spiro atoms. The molecular formula is C13H20N4O4S. The predicted molar refractivity (Wildman–Crippen MR) is 83.6 cm³/mol. The summed E-state index contributed by atoms with van der Waals surface area (Å²) in [6, 6.07) is 4.31. The van der Waals surface area contributed by atoms with E-state index in [4.69, 9.17) is 0 Å². The van der Waals surface area contributed by atoms with Gasteiger partial charge in [-0.1, -0.05) is 0 Å². The molecular weight excluding hydrogens is 308 g/mol. The second kappa shape index (κ2) is 6.19. The lowest BCUT2D eigenvalue weighted by molar-refractivity contribution is -0.384. The lowest BCUT2D eigenvalue weighted by Crippen LogP contribution is -2.54. The summed E-state index contributed by atoms with van der Waals surface area (Å²) in [4.78, 5) is 12.7. The number of piperazine rings is 1. The van der Waals surface area contributed by atoms with Crippen molar-refractivity contribution in [3.63, 3.8) is 0 Å². The van der Waals surface area contributed by atoms with E-state index in [1.54, 1.807) is 0 Å². The Labute approximate surface area is 129 Å². The van der Waals surface area contributed by atoms with Crippen LogP contribution in [-0.4, -0.2) is 45.6 Å². The molecule has 8 nitrogen and oxygen atoms in total. The average molecular weight is 328 g/mol. The van der Waals surface area contributed by atoms with Crippen molar-refractivity contribution in [2.45, 2.75) is 30.8 Å². The van der Waals surface area contributed by atoms with Crippen LogP contribution in [0.4, 0.5) is 11.4 Å². The van der Waals surface area contributed by atoms with Crippen molar-refractivity contribution in [2.75, 3.05) is 25.0 Å². The van der Waals surface area contributed by atoms with E-state index < -0.39 is 14.9 Å². The zero-order chi connectivity index (χ0) is 16.5. The maximum absolute atomic E-state index is 11.8. The first-order chi connectivity index (χ1) is 10.3. The fourth-order valence-corrected chi connectivity index (χ4v) is 3.28. The molecule has 0 bridgehead atoms. The summed E-state index contributed by atoms with van der Waals surface area (Å²) in [5, 5.41) is 14.7. The van der Waals surface area contributed by atoms with Crippen LogP contribution in [0.3, 0.4) is 0 Å². The molecule has 1 fully saturated rings. The van der Waals surface area contributed by atoms with Gasteiger partial charge in [0.2, 0.25) is 10.0 Å². The molecule has 2 atom stereocenters. The average Bonchev–Trinajstić information content (AvgIpc) is 2.49. The maximum Gasteiger partial charge on any atom is 0.293 e. The van der Waals surface area contributed by atoms with Gasteiger partial charge in [-0.2, -0.15) is 0 Å². The normalized spacial score (nSPS) is 22.6. The van der Waals surface area contributed by atoms with Gasteiger partial charge in [-0.25, -0.2) is 13.1 Å². The summed E-state index contributed by atoms with van der Waals surface area (Å²) in [7, 11) is -2.44. The van der Waals surface area contributed by atoms with E-state index in [2.05, 4.69) is 10.0 Å². The number of nitro benzene ring substituents is 1. The molecule has 1 heterocycles. The fourth-order valence-electron chi connectivity index (χ4n) is 2.53. The van der Waals surface area contributed by atoms with Crippen LogP contribution in [0.25, 0.3) is 0 Å². The number of rotatable bonds is 4. The summed E-state index contributed by atoms with van der Waals surface area (Å²) in [6.45, 7) is 5.32. The molecule has 2 N–H and O–H groups in total. The molecule has 0 aromatic heterocycles. The highest BCUT2D eigenvalue weighted by Gasteiger charge is 2.29. The Balaban J connectivity index is 2.50. The van der Waals surface area contributed by atoms with Gasteiger partial charge >= 0.3 is 0 Å². The van der Waals surface area contributed by atoms with Gasteiger partial charge in [0, 0.05) is 31.2 Å². The Morgan fingerprint density at radius 2 is 2.09 bits per heavy atom. The van der Waals surface area contributed by atoms with E-state index >= 15 is 0 Å². The molecule has 2 rings (SSSR count). The summed E-state index contributed by atoms with van der Waals surface area (Å²) >= 11 is 0. The van der Waals surface area contributed by atoms with Gasteiger partial charge in [-0.3, -0.25) is 10.1 Å². The smallest absolute Gasteiger partial charge is 0.293 e. The maximum atomic E-state index is 11.8. The molecule has 9 heteroatoms. The molecule has 1 aliphatic heterocycles. The molecule has 22 heavy (non-hydrogen) atoms. The van der Waals surface area contributed by atoms with Crippen LogP contribution in [0.1, 0.15) is 13.8 Å². The van der Waals surface area contributed by atoms with Crippen LogP contribution >= 0.6 is 0 Å². The summed E-state index contributed by atoms with van der Waals surface area (Å²) in [6.07, 6.45) is 0. The van der Waals surface area contributed by atoms with Crippen molar-refractivity contribution in [2.24, 2.45) is 0 Å². The number of nitrogens with one attached hydrogen (secondary N) is 2. The first-order valence-corrected chi connectivity index (χ1v) is 8.46. The van der Waals surface area contributed by atoms with Crippen LogP contribution in [0.2, 0.25) is 0 Å². The number of benzene rings is 1. The molecule has 2 unspecified atom stereocenters. The van der Waals surface area contributed by atoms with Gasteiger partial charge in [0.15, 0.2) is 0 Å². The first kappa shape index (κ1) is 16.7. The van der Waals surface area contributed by atoms with E-state index in [1.165, 1.54) is 19.2 Å². The van der Waals surface area contributed by atoms with Gasteiger partial charge in [-0.05, 0) is 33.0 Å². The van der Waals surface area contributed by atoms with Crippen molar-refractivity contribution < 1.29 is 13.3 Å². The van der Waals surface area contributed by atoms with E-state index in [1.807, 2.05) is 18.7 Å². The van der Waals surface area contributed by atoms with Gasteiger partial charge < -0.3 is 10.2 Å². The SMILES string of the molecule is CNS(=O)(=O)c1ccc(N2CC(C)NCC2C)c([N+](=O)[O-])c1. The first-order valence-electron chi connectivity index (χ1n) is 6.98. The van der Waals surface area contributed by atoms with Crippen LogP contribution in [0.5, 0.6) is 0 Å². The Morgan fingerprint density at radius 1 is 1.41 bits per heavy atom. The van der Waals surface area contributed by atoms with Crippen molar-refractivity contribution in [1.82, 2.24) is 10.0 Å². The highest BCUT2D eigenvalue weighted by molar-refractivity contribution is 7.89. The van der Waals surface area contributed by atoms with Crippen LogP contribution in [0, 0.1) is 10.1 Å². The largest absolute Gasteiger partial charge is 0.360 e. The number of nitrogens with zero attached hydrogens (tertiary/aromatic N) is 2. The number of hydrogen-bond acceptors (Lipinski definition) is 6. The second-order valence-electron chi connectivity index (χ2n) is 5.43. The number of sulfonamides is 1. The van der Waals surface area contributed by atoms with E-state index in [9.17, 15) is 18.5 Å². The number of anilines is 1. The van der Waals surface area contributed by atoms with E-state index in [-0.39, 0.29) is 22.7 Å². The van der Waals surface area contributed by atoms with Crippen molar-refractivity contribution >= 4 is 21.4 Å². The predicted octanol–water partition coefficient (Wildman–Crippen LogP) is 0.690. The lowest BCUT2D eigenvalue weighted by Gasteiger charge is -2.38. The highest BCUT2D eigenvalue weighted by Crippen LogP contribution is 2.32. The molecule has 0 aliphatic carbocycles. The van der Waals surface area contributed by atoms with Gasteiger partial charge in [0.05, 0.1) is 9.82 Å². The fraction of sp³-hybridized carbons (Fsp3) is 0.538. The van der Waals surface area contributed by atoms with Gasteiger partial charge in [-0.15, -0.1) is 0 Å². The minimum absolute atomic E-state index is 0.0849. The van der Waals surface area contributed by atoms with Gasteiger partial charge in [0.1, 0.15) is 5.69 Å². The third-order valence-electron chi connectivity index (χ3n) is 3.80. The van der Waals surface area contributed by atoms with E-state index in [0.717, 1.165) is 12.6 Å². The highest BCUT2D eigenvalue weighted by atomic mass is 32.2. The summed E-state index contributed by atoms with van der Waals surface area (Å²) in [5.41, 5.74) is 0.248. The van der Waals surface area contributed by atoms with Crippen LogP contribution < -0.4 is 14.9 Å². The van der Waals surface area contributed by atoms with Crippen LogP contribution in [-0.2, 0) is 10.0 Å². The Hall–Kier alpha value is -1.71. The molecule has 0 amide bonds. The number of nitro groups is 1. The summed E-state index contributed by atoms with van der Waals surface area (Å²) < 4.78 is 25.8. The van der Waals surface area contributed by atoms with Crippen LogP contribution in [0.15, 0.2) is 23.1 Å². The Bertz CT molecular complexity index is 677. The Morgan fingerprint density at radius 3 is 2.68 bits per heavy atom. The molecule has 122 valence electrons. The zero-order valence-electron chi connectivity index (χ0n) is 12.7. The van der Waals surface area contributed by atoms with Crippen molar-refractivity contribution in [1.29, 1.82) is 0 Å². The third-order valence-corrected chi connectivity index (χ3v) is 5.21. The minimum Gasteiger partial charge on any atom is -0.360 e. The lowest BCUT2D eigenvalue weighted by atomic mass is 10.1. The third kappa shape index (κ3) is 3.21. The monoisotopic (exact) mass is 328 g/mol. The standard InChI is InChI=1S/C13H20N4O4S/c1-9-8-16(10(2)7-15-9)12-5-4-11(22(20,21)14-3)6-13(12)17(18)19/h4-6,9-10,14-15H,7-8H2,1-3H3. The quantitative estimate of drug-likeness (QED) is 0.622. The molecule has 1 saturated heterocycles. The molecule has 1 aromatic rings. The van der Waals surface area contributed by atoms with E-state index in [0.29, 0.717) is 12.2 Å². The number of hydrogen-bond donors (Lipinski definition) is 2. The summed E-state index contributed by atoms with van der Waals surface area (Å²) in [5.74, 6) is 0. The Kier molecular flexibility index (Phi) is 4.69. The molecule has 1 aliphatic rings. The minimum atomic E-state index is -3.71.